The molecule has 6 heteroatoms. The first-order chi connectivity index (χ1) is 10.6. The van der Waals surface area contributed by atoms with Crippen molar-refractivity contribution in [3.63, 3.8) is 0 Å². The highest BCUT2D eigenvalue weighted by Gasteiger charge is 2.29. The van der Waals surface area contributed by atoms with Crippen LogP contribution in [0.2, 0.25) is 5.02 Å². The van der Waals surface area contributed by atoms with Gasteiger partial charge in [-0.3, -0.25) is 9.69 Å². The van der Waals surface area contributed by atoms with Gasteiger partial charge in [-0.15, -0.1) is 0 Å². The van der Waals surface area contributed by atoms with E-state index >= 15 is 0 Å². The predicted octanol–water partition coefficient (Wildman–Crippen LogP) is 3.29. The molecule has 1 amide bonds. The third-order valence-corrected chi connectivity index (χ3v) is 4.14. The summed E-state index contributed by atoms with van der Waals surface area (Å²) >= 11 is 6.35. The van der Waals surface area contributed by atoms with E-state index in [0.29, 0.717) is 35.3 Å². The molecule has 5 nitrogen and oxygen atoms in total. The molecule has 0 bridgehead atoms. The number of hydrogen-bond donors (Lipinski definition) is 0. The number of anilines is 1. The largest absolute Gasteiger partial charge is 0.493 e. The fraction of sp³-hybridized carbons (Fsp3) is 0.375. The summed E-state index contributed by atoms with van der Waals surface area (Å²) in [7, 11) is 0. The Bertz CT molecular complexity index is 711. The predicted molar refractivity (Wildman–Crippen MR) is 85.9 cm³/mol. The molecule has 0 saturated carbocycles. The van der Waals surface area contributed by atoms with E-state index in [1.54, 1.807) is 11.0 Å². The lowest BCUT2D eigenvalue weighted by Crippen LogP contribution is -2.38. The number of para-hydroxylation sites is 1. The van der Waals surface area contributed by atoms with E-state index in [4.69, 9.17) is 16.3 Å². The minimum Gasteiger partial charge on any atom is -0.493 e. The highest BCUT2D eigenvalue weighted by atomic mass is 35.5. The van der Waals surface area contributed by atoms with Crippen molar-refractivity contribution in [3.05, 3.63) is 40.5 Å². The Balaban J connectivity index is 2.01. The molecule has 1 aliphatic rings. The second kappa shape index (κ2) is 6.01. The molecule has 0 atom stereocenters. The summed E-state index contributed by atoms with van der Waals surface area (Å²) in [5, 5.41) is 4.94. The zero-order valence-corrected chi connectivity index (χ0v) is 13.4. The van der Waals surface area contributed by atoms with Gasteiger partial charge in [0.2, 0.25) is 0 Å². The second-order valence-corrected chi connectivity index (χ2v) is 5.56. The fourth-order valence-electron chi connectivity index (χ4n) is 2.71. The van der Waals surface area contributed by atoms with Crippen LogP contribution in [0.5, 0.6) is 5.75 Å². The van der Waals surface area contributed by atoms with E-state index in [2.05, 4.69) is 5.10 Å². The van der Waals surface area contributed by atoms with Gasteiger partial charge in [0, 0.05) is 13.1 Å². The van der Waals surface area contributed by atoms with Crippen molar-refractivity contribution in [3.8, 4) is 5.75 Å². The lowest BCUT2D eigenvalue weighted by Gasteiger charge is -2.28. The zero-order chi connectivity index (χ0) is 15.7. The maximum absolute atomic E-state index is 13.0. The van der Waals surface area contributed by atoms with Crippen LogP contribution in [0, 0.1) is 6.92 Å². The summed E-state index contributed by atoms with van der Waals surface area (Å²) in [4.78, 5) is 14.7. The maximum atomic E-state index is 13.0. The van der Waals surface area contributed by atoms with Gasteiger partial charge in [0.15, 0.2) is 5.82 Å². The summed E-state index contributed by atoms with van der Waals surface area (Å²) in [6, 6.07) is 7.29. The van der Waals surface area contributed by atoms with Crippen LogP contribution in [-0.4, -0.2) is 28.8 Å². The minimum atomic E-state index is -0.105. The summed E-state index contributed by atoms with van der Waals surface area (Å²) in [5.74, 6) is 1.17. The SMILES string of the molecule is CCOc1ccccc1C(=O)N1CCCn2nc(C)c(Cl)c21. The number of carbonyl (C=O) groups excluding carboxylic acids is 1. The molecule has 3 rings (SSSR count). The number of nitrogens with zero attached hydrogens (tertiary/aromatic N) is 3. The van der Waals surface area contributed by atoms with Crippen LogP contribution in [0.4, 0.5) is 5.82 Å². The summed E-state index contributed by atoms with van der Waals surface area (Å²) in [5.41, 5.74) is 1.29. The minimum absolute atomic E-state index is 0.105. The molecule has 2 aromatic rings. The molecule has 0 radical (unpaired) electrons. The summed E-state index contributed by atoms with van der Waals surface area (Å²) in [6.07, 6.45) is 0.854. The van der Waals surface area contributed by atoms with Crippen molar-refractivity contribution in [1.82, 2.24) is 9.78 Å². The number of hydrogen-bond acceptors (Lipinski definition) is 3. The number of ether oxygens (including phenoxy) is 1. The van der Waals surface area contributed by atoms with Gasteiger partial charge >= 0.3 is 0 Å². The molecular weight excluding hydrogens is 302 g/mol. The third kappa shape index (κ3) is 2.46. The molecule has 0 spiro atoms. The lowest BCUT2D eigenvalue weighted by molar-refractivity contribution is 0.0977. The van der Waals surface area contributed by atoms with Crippen LogP contribution in [0.3, 0.4) is 0 Å². The fourth-order valence-corrected chi connectivity index (χ4v) is 2.95. The van der Waals surface area contributed by atoms with Gasteiger partial charge in [0.05, 0.1) is 17.9 Å². The molecule has 2 heterocycles. The number of carbonyl (C=O) groups is 1. The number of halogens is 1. The molecular formula is C16H18ClN3O2. The van der Waals surface area contributed by atoms with Crippen molar-refractivity contribution in [1.29, 1.82) is 0 Å². The molecule has 0 aliphatic carbocycles. The molecule has 1 aromatic heterocycles. The Morgan fingerprint density at radius 1 is 1.36 bits per heavy atom. The highest BCUT2D eigenvalue weighted by molar-refractivity contribution is 6.34. The first kappa shape index (κ1) is 14.9. The lowest BCUT2D eigenvalue weighted by atomic mass is 10.1. The first-order valence-electron chi connectivity index (χ1n) is 7.40. The van der Waals surface area contributed by atoms with Crippen LogP contribution in [0.15, 0.2) is 24.3 Å². The van der Waals surface area contributed by atoms with Gasteiger partial charge in [-0.05, 0) is 32.4 Å². The van der Waals surface area contributed by atoms with E-state index < -0.39 is 0 Å². The molecule has 1 aliphatic heterocycles. The van der Waals surface area contributed by atoms with Crippen LogP contribution >= 0.6 is 11.6 Å². The Labute approximate surface area is 134 Å². The number of fused-ring (bicyclic) bond motifs is 1. The van der Waals surface area contributed by atoms with Crippen LogP contribution in [-0.2, 0) is 6.54 Å². The number of aryl methyl sites for hydroxylation is 2. The second-order valence-electron chi connectivity index (χ2n) is 5.19. The number of benzene rings is 1. The van der Waals surface area contributed by atoms with Gasteiger partial charge in [0.1, 0.15) is 10.8 Å². The van der Waals surface area contributed by atoms with E-state index in [-0.39, 0.29) is 5.91 Å². The van der Waals surface area contributed by atoms with Gasteiger partial charge in [-0.25, -0.2) is 4.68 Å². The smallest absolute Gasteiger partial charge is 0.263 e. The van der Waals surface area contributed by atoms with Gasteiger partial charge in [-0.2, -0.15) is 5.10 Å². The molecule has 0 N–H and O–H groups in total. The zero-order valence-electron chi connectivity index (χ0n) is 12.7. The first-order valence-corrected chi connectivity index (χ1v) is 7.78. The summed E-state index contributed by atoms with van der Waals surface area (Å²) < 4.78 is 7.38. The van der Waals surface area contributed by atoms with E-state index in [9.17, 15) is 4.79 Å². The van der Waals surface area contributed by atoms with Crippen LogP contribution in [0.1, 0.15) is 29.4 Å². The average molecular weight is 320 g/mol. The highest BCUT2D eigenvalue weighted by Crippen LogP contribution is 2.34. The standard InChI is InChI=1S/C16H18ClN3O2/c1-3-22-13-8-5-4-7-12(13)16(21)19-9-6-10-20-15(19)14(17)11(2)18-20/h4-5,7-8H,3,6,9-10H2,1-2H3. The van der Waals surface area contributed by atoms with E-state index in [0.717, 1.165) is 18.7 Å². The molecule has 0 unspecified atom stereocenters. The Morgan fingerprint density at radius 2 is 2.14 bits per heavy atom. The number of aromatic nitrogens is 2. The van der Waals surface area contributed by atoms with Crippen molar-refractivity contribution < 1.29 is 9.53 Å². The topological polar surface area (TPSA) is 47.4 Å². The molecule has 0 fully saturated rings. The number of rotatable bonds is 3. The third-order valence-electron chi connectivity index (χ3n) is 3.70. The van der Waals surface area contributed by atoms with Gasteiger partial charge in [-0.1, -0.05) is 23.7 Å². The van der Waals surface area contributed by atoms with Crippen molar-refractivity contribution in [2.45, 2.75) is 26.8 Å². The molecule has 116 valence electrons. The Kier molecular flexibility index (Phi) is 4.07. The van der Waals surface area contributed by atoms with Crippen LogP contribution < -0.4 is 9.64 Å². The molecule has 0 saturated heterocycles. The number of amides is 1. The van der Waals surface area contributed by atoms with E-state index in [1.165, 1.54) is 0 Å². The van der Waals surface area contributed by atoms with Crippen molar-refractivity contribution >= 4 is 23.3 Å². The maximum Gasteiger partial charge on any atom is 0.263 e. The average Bonchev–Trinajstić information content (AvgIpc) is 2.82. The van der Waals surface area contributed by atoms with Crippen molar-refractivity contribution in [2.75, 3.05) is 18.1 Å². The van der Waals surface area contributed by atoms with Gasteiger partial charge < -0.3 is 4.74 Å². The molecule has 22 heavy (non-hydrogen) atoms. The summed E-state index contributed by atoms with van der Waals surface area (Å²) in [6.45, 7) is 5.67. The monoisotopic (exact) mass is 319 g/mol. The van der Waals surface area contributed by atoms with Crippen LogP contribution in [0.25, 0.3) is 0 Å². The van der Waals surface area contributed by atoms with Gasteiger partial charge in [0.25, 0.3) is 5.91 Å². The quantitative estimate of drug-likeness (QED) is 0.872. The Hall–Kier alpha value is -2.01. The Morgan fingerprint density at radius 3 is 2.91 bits per heavy atom. The van der Waals surface area contributed by atoms with E-state index in [1.807, 2.05) is 36.7 Å². The normalized spacial score (nSPS) is 13.9. The molecule has 1 aromatic carbocycles. The van der Waals surface area contributed by atoms with Crippen molar-refractivity contribution in [2.24, 2.45) is 0 Å².